The quantitative estimate of drug-likeness (QED) is 0.413. The summed E-state index contributed by atoms with van der Waals surface area (Å²) in [4.78, 5) is 12.8. The van der Waals surface area contributed by atoms with Gasteiger partial charge >= 0.3 is 5.97 Å². The largest absolute Gasteiger partial charge is 0.469 e. The molecule has 5 aliphatic rings. The smallest absolute Gasteiger partial charge is 0.311 e. The Bertz CT molecular complexity index is 960. The molecule has 3 nitrogen and oxygen atoms in total. The van der Waals surface area contributed by atoms with Gasteiger partial charge in [0, 0.05) is 0 Å². The number of rotatable bonds is 1. The average molecular weight is 469 g/mol. The summed E-state index contributed by atoms with van der Waals surface area (Å²) in [5, 5.41) is 10.9. The van der Waals surface area contributed by atoms with Crippen LogP contribution >= 0.6 is 0 Å². The van der Waals surface area contributed by atoms with Crippen molar-refractivity contribution in [3.8, 4) is 0 Å². The molecule has 0 aromatic heterocycles. The minimum absolute atomic E-state index is 0.0308. The highest BCUT2D eigenvalue weighted by Crippen LogP contribution is 2.74. The molecule has 0 spiro atoms. The molecular formula is C31H48O3. The molecule has 0 radical (unpaired) electrons. The lowest BCUT2D eigenvalue weighted by atomic mass is 9.36. The summed E-state index contributed by atoms with van der Waals surface area (Å²) in [6, 6.07) is 0. The normalized spacial score (nSPS) is 51.6. The van der Waals surface area contributed by atoms with Gasteiger partial charge in [-0.1, -0.05) is 64.8 Å². The van der Waals surface area contributed by atoms with Crippen LogP contribution in [0.4, 0.5) is 0 Å². The highest BCUT2D eigenvalue weighted by molar-refractivity contribution is 5.76. The lowest BCUT2D eigenvalue weighted by molar-refractivity contribution is -0.159. The summed E-state index contributed by atoms with van der Waals surface area (Å²) in [6.07, 6.45) is 14.6. The summed E-state index contributed by atoms with van der Waals surface area (Å²) < 4.78 is 5.28. The fourth-order valence-electron chi connectivity index (χ4n) is 10.1. The van der Waals surface area contributed by atoms with Gasteiger partial charge in [-0.25, -0.2) is 0 Å². The molecule has 4 saturated carbocycles. The van der Waals surface area contributed by atoms with E-state index in [0.717, 1.165) is 32.1 Å². The monoisotopic (exact) mass is 468 g/mol. The topological polar surface area (TPSA) is 46.5 Å². The van der Waals surface area contributed by atoms with Crippen LogP contribution in [0.15, 0.2) is 23.3 Å². The number of ether oxygens (including phenoxy) is 1. The first-order chi connectivity index (χ1) is 15.7. The Balaban J connectivity index is 1.61. The Labute approximate surface area is 207 Å². The van der Waals surface area contributed by atoms with E-state index in [2.05, 4.69) is 60.6 Å². The zero-order chi connectivity index (χ0) is 24.9. The van der Waals surface area contributed by atoms with Gasteiger partial charge in [-0.2, -0.15) is 0 Å². The molecule has 0 heterocycles. The van der Waals surface area contributed by atoms with E-state index in [1.165, 1.54) is 25.7 Å². The van der Waals surface area contributed by atoms with E-state index < -0.39 is 0 Å². The van der Waals surface area contributed by atoms with E-state index in [1.807, 2.05) is 0 Å². The number of hydrogen-bond donors (Lipinski definition) is 1. The Morgan fingerprint density at radius 2 is 1.56 bits per heavy atom. The van der Waals surface area contributed by atoms with Crippen LogP contribution in [-0.4, -0.2) is 24.3 Å². The maximum absolute atomic E-state index is 12.8. The van der Waals surface area contributed by atoms with Crippen molar-refractivity contribution >= 4 is 5.97 Å². The second kappa shape index (κ2) is 7.24. The summed E-state index contributed by atoms with van der Waals surface area (Å²) in [7, 11) is 1.55. The van der Waals surface area contributed by atoms with Gasteiger partial charge < -0.3 is 9.84 Å². The summed E-state index contributed by atoms with van der Waals surface area (Å²) in [5.41, 5.74) is 3.53. The van der Waals surface area contributed by atoms with Gasteiger partial charge in [-0.05, 0) is 104 Å². The Hall–Kier alpha value is -1.09. The van der Waals surface area contributed by atoms with Crippen molar-refractivity contribution in [2.24, 2.45) is 44.3 Å². The van der Waals surface area contributed by atoms with Crippen molar-refractivity contribution in [3.63, 3.8) is 0 Å². The van der Waals surface area contributed by atoms with Gasteiger partial charge in [-0.15, -0.1) is 0 Å². The Morgan fingerprint density at radius 3 is 2.24 bits per heavy atom. The van der Waals surface area contributed by atoms with E-state index in [0.29, 0.717) is 11.8 Å². The molecule has 3 heteroatoms. The van der Waals surface area contributed by atoms with E-state index >= 15 is 0 Å². The van der Waals surface area contributed by atoms with Crippen molar-refractivity contribution in [2.45, 2.75) is 112 Å². The lowest BCUT2D eigenvalue weighted by Crippen LogP contribution is -2.61. The number of methoxy groups -OCH3 is 1. The molecule has 1 N–H and O–H groups in total. The molecule has 1 unspecified atom stereocenters. The third kappa shape index (κ3) is 2.88. The highest BCUT2D eigenvalue weighted by Gasteiger charge is 2.66. The van der Waals surface area contributed by atoms with Gasteiger partial charge in [0.05, 0.1) is 18.6 Å². The molecular weight excluding hydrogens is 420 g/mol. The fraction of sp³-hybridized carbons (Fsp3) is 0.839. The number of carbonyl (C=O) groups is 1. The van der Waals surface area contributed by atoms with E-state index in [-0.39, 0.29) is 44.6 Å². The first kappa shape index (κ1) is 24.6. The molecule has 5 aliphatic carbocycles. The molecule has 0 aliphatic heterocycles. The SMILES string of the molecule is COC(=O)[C@@]1(C)CC[C@]2(C)CC[C@]3(C)C(=CC=C4[C@@]5(C)CC[C@H](O)C(C)(C)C5CC[C@]43C)[C@@H]2C1. The number of allylic oxidation sites excluding steroid dienone is 4. The van der Waals surface area contributed by atoms with E-state index in [9.17, 15) is 9.90 Å². The van der Waals surface area contributed by atoms with Crippen LogP contribution in [0.3, 0.4) is 0 Å². The van der Waals surface area contributed by atoms with Gasteiger partial charge in [0.2, 0.25) is 0 Å². The molecule has 0 bridgehead atoms. The average Bonchev–Trinajstić information content (AvgIpc) is 2.77. The number of carbonyl (C=O) groups excluding carboxylic acids is 1. The van der Waals surface area contributed by atoms with Crippen molar-refractivity contribution in [1.29, 1.82) is 0 Å². The predicted molar refractivity (Wildman–Crippen MR) is 137 cm³/mol. The molecule has 5 rings (SSSR count). The van der Waals surface area contributed by atoms with Crippen molar-refractivity contribution < 1.29 is 14.6 Å². The summed E-state index contributed by atoms with van der Waals surface area (Å²) >= 11 is 0. The van der Waals surface area contributed by atoms with Crippen LogP contribution in [0.25, 0.3) is 0 Å². The summed E-state index contributed by atoms with van der Waals surface area (Å²) in [6.45, 7) is 16.9. The van der Waals surface area contributed by atoms with Crippen LogP contribution in [0.1, 0.15) is 106 Å². The predicted octanol–water partition coefficient (Wildman–Crippen LogP) is 7.24. The Kier molecular flexibility index (Phi) is 5.23. The molecule has 0 aromatic carbocycles. The molecule has 0 saturated heterocycles. The standard InChI is InChI=1S/C31H48O3/c1-26(2)22-11-14-31(7)23(29(22,5)13-12-24(26)32)10-9-20-21-19-28(4,25(33)34-8)16-15-27(21,3)17-18-30(20,31)6/h9-10,21-22,24,32H,11-19H2,1-8H3/t21-,22?,24-,27+,28-,29-,30+,31+/m0/s1. The van der Waals surface area contributed by atoms with Crippen LogP contribution in [0.5, 0.6) is 0 Å². The second-order valence-corrected chi connectivity index (χ2v) is 14.7. The van der Waals surface area contributed by atoms with Gasteiger partial charge in [-0.3, -0.25) is 4.79 Å². The van der Waals surface area contributed by atoms with Crippen molar-refractivity contribution in [1.82, 2.24) is 0 Å². The number of aliphatic hydroxyl groups is 1. The minimum Gasteiger partial charge on any atom is -0.469 e. The molecule has 190 valence electrons. The van der Waals surface area contributed by atoms with Crippen LogP contribution in [0, 0.1) is 44.3 Å². The van der Waals surface area contributed by atoms with Crippen LogP contribution < -0.4 is 0 Å². The maximum Gasteiger partial charge on any atom is 0.311 e. The zero-order valence-corrected chi connectivity index (χ0v) is 23.0. The van der Waals surface area contributed by atoms with Gasteiger partial charge in [0.25, 0.3) is 0 Å². The first-order valence-electron chi connectivity index (χ1n) is 13.9. The third-order valence-corrected chi connectivity index (χ3v) is 12.9. The van der Waals surface area contributed by atoms with Crippen molar-refractivity contribution in [2.75, 3.05) is 7.11 Å². The number of esters is 1. The van der Waals surface area contributed by atoms with Crippen molar-refractivity contribution in [3.05, 3.63) is 23.3 Å². The minimum atomic E-state index is -0.379. The number of aliphatic hydroxyl groups excluding tert-OH is 1. The number of hydrogen-bond acceptors (Lipinski definition) is 3. The Morgan fingerprint density at radius 1 is 0.882 bits per heavy atom. The highest BCUT2D eigenvalue weighted by atomic mass is 16.5. The molecule has 0 aromatic rings. The zero-order valence-electron chi connectivity index (χ0n) is 23.0. The lowest BCUT2D eigenvalue weighted by Gasteiger charge is -2.68. The molecule has 4 fully saturated rings. The molecule has 34 heavy (non-hydrogen) atoms. The second-order valence-electron chi connectivity index (χ2n) is 14.7. The number of fused-ring (bicyclic) bond motifs is 7. The first-order valence-corrected chi connectivity index (χ1v) is 13.9. The fourth-order valence-corrected chi connectivity index (χ4v) is 10.1. The van der Waals surface area contributed by atoms with Crippen LogP contribution in [-0.2, 0) is 9.53 Å². The van der Waals surface area contributed by atoms with E-state index in [1.54, 1.807) is 18.3 Å². The third-order valence-electron chi connectivity index (χ3n) is 12.9. The molecule has 0 amide bonds. The van der Waals surface area contributed by atoms with Gasteiger partial charge in [0.1, 0.15) is 0 Å². The van der Waals surface area contributed by atoms with Crippen LogP contribution in [0.2, 0.25) is 0 Å². The van der Waals surface area contributed by atoms with Gasteiger partial charge in [0.15, 0.2) is 0 Å². The maximum atomic E-state index is 12.8. The molecule has 8 atom stereocenters. The summed E-state index contributed by atoms with van der Waals surface area (Å²) in [5.74, 6) is 0.929. The van der Waals surface area contributed by atoms with E-state index in [4.69, 9.17) is 4.74 Å².